The van der Waals surface area contributed by atoms with Crippen LogP contribution >= 0.6 is 23.2 Å². The number of fused-ring (bicyclic) bond motifs is 1. The number of hydrogen-bond acceptors (Lipinski definition) is 9. The first-order valence-electron chi connectivity index (χ1n) is 13.3. The van der Waals surface area contributed by atoms with Crippen LogP contribution in [0.3, 0.4) is 0 Å². The van der Waals surface area contributed by atoms with Gasteiger partial charge in [-0.05, 0) is 51.3 Å². The Labute approximate surface area is 248 Å². The molecule has 3 aromatic rings. The molecule has 0 aromatic carbocycles. The number of hydrogen-bond donors (Lipinski definition) is 0. The minimum atomic E-state index is -0.705. The van der Waals surface area contributed by atoms with E-state index >= 15 is 0 Å². The molecule has 1 aliphatic rings. The first-order valence-corrected chi connectivity index (χ1v) is 14.1. The maximum absolute atomic E-state index is 13.8. The molecular weight excluding hydrogens is 571 g/mol. The second-order valence-corrected chi connectivity index (χ2v) is 12.0. The van der Waals surface area contributed by atoms with Crippen LogP contribution in [0, 0.1) is 6.92 Å². The smallest absolute Gasteiger partial charge is 0.410 e. The van der Waals surface area contributed by atoms with Gasteiger partial charge >= 0.3 is 17.8 Å². The second-order valence-electron chi connectivity index (χ2n) is 11.3. The van der Waals surface area contributed by atoms with Crippen molar-refractivity contribution in [2.45, 2.75) is 66.0 Å². The van der Waals surface area contributed by atoms with E-state index in [-0.39, 0.29) is 41.4 Å². The summed E-state index contributed by atoms with van der Waals surface area (Å²) in [6.07, 6.45) is 1.18. The fourth-order valence-corrected chi connectivity index (χ4v) is 5.06. The van der Waals surface area contributed by atoms with Gasteiger partial charge in [0.1, 0.15) is 23.2 Å². The highest BCUT2D eigenvalue weighted by atomic mass is 35.5. The van der Waals surface area contributed by atoms with E-state index in [2.05, 4.69) is 15.0 Å². The summed E-state index contributed by atoms with van der Waals surface area (Å²) >= 11 is 12.8. The van der Waals surface area contributed by atoms with Gasteiger partial charge in [-0.2, -0.15) is 4.98 Å². The summed E-state index contributed by atoms with van der Waals surface area (Å²) in [6.45, 7) is 13.2. The normalized spacial score (nSPS) is 15.9. The van der Waals surface area contributed by atoms with Gasteiger partial charge in [-0.15, -0.1) is 0 Å². The Hall–Kier alpha value is -3.44. The molecule has 1 fully saturated rings. The second kappa shape index (κ2) is 11.8. The van der Waals surface area contributed by atoms with Gasteiger partial charge in [-0.25, -0.2) is 19.1 Å². The molecule has 1 saturated heterocycles. The molecule has 4 heterocycles. The van der Waals surface area contributed by atoms with Crippen LogP contribution in [0.25, 0.3) is 16.7 Å². The van der Waals surface area contributed by atoms with Crippen molar-refractivity contribution in [1.29, 1.82) is 0 Å². The van der Waals surface area contributed by atoms with E-state index in [9.17, 15) is 14.4 Å². The number of amides is 1. The molecule has 220 valence electrons. The number of anilines is 1. The van der Waals surface area contributed by atoms with Crippen LogP contribution in [0.1, 0.15) is 58.7 Å². The maximum atomic E-state index is 13.8. The van der Waals surface area contributed by atoms with Crippen LogP contribution in [0.2, 0.25) is 10.2 Å². The third kappa shape index (κ3) is 6.56. The minimum absolute atomic E-state index is 0.0114. The maximum Gasteiger partial charge on any atom is 0.410 e. The van der Waals surface area contributed by atoms with E-state index in [1.165, 1.54) is 16.4 Å². The van der Waals surface area contributed by atoms with Crippen molar-refractivity contribution in [3.05, 3.63) is 50.2 Å². The number of carbonyl (C=O) groups is 2. The average Bonchev–Trinajstić information content (AvgIpc) is 2.87. The molecule has 41 heavy (non-hydrogen) atoms. The van der Waals surface area contributed by atoms with Gasteiger partial charge in [0.15, 0.2) is 5.65 Å². The molecule has 0 bridgehead atoms. The Morgan fingerprint density at radius 3 is 2.51 bits per heavy atom. The number of pyridine rings is 2. The van der Waals surface area contributed by atoms with E-state index in [4.69, 9.17) is 32.7 Å². The first kappa shape index (κ1) is 30.5. The lowest BCUT2D eigenvalue weighted by atomic mass is 10.0. The van der Waals surface area contributed by atoms with Crippen LogP contribution in [0.5, 0.6) is 0 Å². The summed E-state index contributed by atoms with van der Waals surface area (Å²) in [5, 5.41) is 0.733. The van der Waals surface area contributed by atoms with E-state index in [1.807, 2.05) is 31.7 Å². The lowest BCUT2D eigenvalue weighted by Crippen LogP contribution is -2.58. The number of nitrogens with zero attached hydrogens (tertiary/aromatic N) is 6. The number of aryl methyl sites for hydroxylation is 1. The summed E-state index contributed by atoms with van der Waals surface area (Å²) in [5.41, 5.74) is 1.12. The van der Waals surface area contributed by atoms with Crippen molar-refractivity contribution in [3.8, 4) is 5.69 Å². The van der Waals surface area contributed by atoms with Gasteiger partial charge in [0.25, 0.3) is 0 Å². The molecule has 13 heteroatoms. The van der Waals surface area contributed by atoms with Crippen molar-refractivity contribution < 1.29 is 19.1 Å². The molecule has 0 unspecified atom stereocenters. The summed E-state index contributed by atoms with van der Waals surface area (Å²) in [6, 6.07) is 2.89. The Morgan fingerprint density at radius 2 is 1.88 bits per heavy atom. The van der Waals surface area contributed by atoms with Gasteiger partial charge in [0, 0.05) is 32.8 Å². The highest BCUT2D eigenvalue weighted by Gasteiger charge is 2.36. The highest BCUT2D eigenvalue weighted by Crippen LogP contribution is 2.33. The van der Waals surface area contributed by atoms with Crippen LogP contribution in [0.15, 0.2) is 23.1 Å². The monoisotopic (exact) mass is 604 g/mol. The molecule has 0 spiro atoms. The SMILES string of the molecule is CC(=O)OC[C@H]1CN(c2nc(=O)n(-c3c(C)ccnc3C(C)C)c3nc(Cl)c(Cl)cc23)CCN1C(=O)OC(C)(C)C. The fourth-order valence-electron chi connectivity index (χ4n) is 4.78. The number of esters is 1. The number of aromatic nitrogens is 4. The minimum Gasteiger partial charge on any atom is -0.464 e. The van der Waals surface area contributed by atoms with Crippen LogP contribution < -0.4 is 10.6 Å². The molecule has 3 aromatic heterocycles. The molecule has 11 nitrogen and oxygen atoms in total. The van der Waals surface area contributed by atoms with Gasteiger partial charge in [-0.1, -0.05) is 37.0 Å². The molecule has 1 amide bonds. The fraction of sp³-hybridized carbons (Fsp3) is 0.500. The van der Waals surface area contributed by atoms with Gasteiger partial charge < -0.3 is 14.4 Å². The number of halogens is 2. The number of rotatable bonds is 5. The van der Waals surface area contributed by atoms with Crippen molar-refractivity contribution in [2.75, 3.05) is 31.1 Å². The topological polar surface area (TPSA) is 120 Å². The summed E-state index contributed by atoms with van der Waals surface area (Å²) in [7, 11) is 0. The van der Waals surface area contributed by atoms with Crippen LogP contribution in [0.4, 0.5) is 10.6 Å². The lowest BCUT2D eigenvalue weighted by Gasteiger charge is -2.42. The van der Waals surface area contributed by atoms with Gasteiger partial charge in [0.05, 0.1) is 27.8 Å². The predicted octanol–water partition coefficient (Wildman–Crippen LogP) is 4.90. The van der Waals surface area contributed by atoms with Gasteiger partial charge in [-0.3, -0.25) is 14.7 Å². The Balaban J connectivity index is 1.85. The number of carbonyl (C=O) groups excluding carboxylic acids is 2. The third-order valence-corrected chi connectivity index (χ3v) is 7.25. The number of piperazine rings is 1. The quantitative estimate of drug-likeness (QED) is 0.295. The van der Waals surface area contributed by atoms with E-state index in [0.29, 0.717) is 29.1 Å². The third-order valence-electron chi connectivity index (χ3n) is 6.57. The zero-order chi connectivity index (χ0) is 30.2. The molecule has 1 atom stereocenters. The van der Waals surface area contributed by atoms with Gasteiger partial charge in [0.2, 0.25) is 0 Å². The van der Waals surface area contributed by atoms with Crippen LogP contribution in [-0.4, -0.2) is 74.4 Å². The first-order chi connectivity index (χ1) is 19.2. The standard InChI is InChI=1S/C28H34Cl2N6O5/c1-15(2)21-22(16(3)8-9-31-21)36-25-19(12-20(29)23(30)32-25)24(33-26(36)38)34-10-11-35(27(39)41-28(5,6)7)18(13-34)14-40-17(4)37/h8-9,12,15,18H,10-11,13-14H2,1-7H3/t18-/m1/s1. The number of ether oxygens (including phenoxy) is 2. The summed E-state index contributed by atoms with van der Waals surface area (Å²) < 4.78 is 12.3. The average molecular weight is 606 g/mol. The Bertz CT molecular complexity index is 1550. The largest absolute Gasteiger partial charge is 0.464 e. The Kier molecular flexibility index (Phi) is 8.79. The predicted molar refractivity (Wildman–Crippen MR) is 157 cm³/mol. The molecule has 0 aliphatic carbocycles. The van der Waals surface area contributed by atoms with Crippen molar-refractivity contribution >= 4 is 52.1 Å². The molecule has 1 aliphatic heterocycles. The Morgan fingerprint density at radius 1 is 1.17 bits per heavy atom. The summed E-state index contributed by atoms with van der Waals surface area (Å²) in [5.74, 6) is -0.134. The highest BCUT2D eigenvalue weighted by molar-refractivity contribution is 6.41. The lowest BCUT2D eigenvalue weighted by molar-refractivity contribution is -0.142. The van der Waals surface area contributed by atoms with E-state index < -0.39 is 29.4 Å². The van der Waals surface area contributed by atoms with Crippen molar-refractivity contribution in [1.82, 2.24) is 24.4 Å². The zero-order valence-electron chi connectivity index (χ0n) is 24.2. The van der Waals surface area contributed by atoms with E-state index in [1.54, 1.807) is 33.0 Å². The molecule has 0 N–H and O–H groups in total. The van der Waals surface area contributed by atoms with Crippen molar-refractivity contribution in [2.24, 2.45) is 0 Å². The molecule has 0 saturated carbocycles. The van der Waals surface area contributed by atoms with Crippen molar-refractivity contribution in [3.63, 3.8) is 0 Å². The van der Waals surface area contributed by atoms with E-state index in [0.717, 1.165) is 5.56 Å². The molecular formula is C28H34Cl2N6O5. The molecule has 4 rings (SSSR count). The molecule has 0 radical (unpaired) electrons. The zero-order valence-corrected chi connectivity index (χ0v) is 25.7. The summed E-state index contributed by atoms with van der Waals surface area (Å²) in [4.78, 5) is 55.4. The van der Waals surface area contributed by atoms with Crippen LogP contribution in [-0.2, 0) is 14.3 Å².